The lowest BCUT2D eigenvalue weighted by Gasteiger charge is -2.28. The van der Waals surface area contributed by atoms with Gasteiger partial charge in [-0.1, -0.05) is 19.3 Å². The van der Waals surface area contributed by atoms with Gasteiger partial charge in [-0.2, -0.15) is 0 Å². The number of fused-ring (bicyclic) bond motifs is 1. The van der Waals surface area contributed by atoms with Gasteiger partial charge in [0.15, 0.2) is 5.89 Å². The van der Waals surface area contributed by atoms with E-state index in [4.69, 9.17) is 14.4 Å². The Kier molecular flexibility index (Phi) is 4.35. The van der Waals surface area contributed by atoms with Crippen LogP contribution in [0.3, 0.4) is 0 Å². The maximum absolute atomic E-state index is 5.55. The molecule has 24 heavy (non-hydrogen) atoms. The van der Waals surface area contributed by atoms with Crippen molar-refractivity contribution in [1.82, 2.24) is 19.9 Å². The lowest BCUT2D eigenvalue weighted by molar-refractivity contribution is 0.238. The first-order valence-electron chi connectivity index (χ1n) is 9.19. The highest BCUT2D eigenvalue weighted by Gasteiger charge is 2.23. The van der Waals surface area contributed by atoms with Crippen LogP contribution in [0.2, 0.25) is 0 Å². The van der Waals surface area contributed by atoms with Gasteiger partial charge >= 0.3 is 0 Å². The Hall–Kier alpha value is -1.75. The van der Waals surface area contributed by atoms with Crippen LogP contribution in [0.25, 0.3) is 0 Å². The number of aryl methyl sites for hydroxylation is 2. The van der Waals surface area contributed by atoms with Crippen molar-refractivity contribution in [2.45, 2.75) is 71.4 Å². The molecule has 1 aliphatic heterocycles. The SMILES string of the molecule is Cc1nc(CN2CCc3nc(C4CCCCC4)ncc3C2)c(C)o1. The molecule has 1 aliphatic carbocycles. The normalized spacial score (nSPS) is 19.4. The minimum absolute atomic E-state index is 0.586. The van der Waals surface area contributed by atoms with Gasteiger partial charge in [-0.3, -0.25) is 4.90 Å². The molecule has 0 aromatic carbocycles. The van der Waals surface area contributed by atoms with Gasteiger partial charge in [-0.15, -0.1) is 0 Å². The standard InChI is InChI=1S/C19H26N4O/c1-13-18(21-14(2)24-13)12-23-9-8-17-16(11-23)10-20-19(22-17)15-6-4-3-5-7-15/h10,15H,3-9,11-12H2,1-2H3. The smallest absolute Gasteiger partial charge is 0.191 e. The van der Waals surface area contributed by atoms with E-state index in [1.54, 1.807) is 0 Å². The summed E-state index contributed by atoms with van der Waals surface area (Å²) in [6.45, 7) is 6.67. The van der Waals surface area contributed by atoms with Gasteiger partial charge in [0.1, 0.15) is 11.6 Å². The summed E-state index contributed by atoms with van der Waals surface area (Å²) in [6.07, 6.45) is 9.63. The van der Waals surface area contributed by atoms with Gasteiger partial charge in [0.05, 0.1) is 5.69 Å². The molecule has 2 aliphatic rings. The van der Waals surface area contributed by atoms with Crippen molar-refractivity contribution >= 4 is 0 Å². The van der Waals surface area contributed by atoms with Crippen LogP contribution in [-0.2, 0) is 19.5 Å². The molecule has 1 saturated carbocycles. The number of hydrogen-bond donors (Lipinski definition) is 0. The summed E-state index contributed by atoms with van der Waals surface area (Å²) in [5.41, 5.74) is 3.59. The van der Waals surface area contributed by atoms with E-state index in [1.165, 1.54) is 43.4 Å². The van der Waals surface area contributed by atoms with Crippen molar-refractivity contribution in [2.75, 3.05) is 6.54 Å². The summed E-state index contributed by atoms with van der Waals surface area (Å²) in [4.78, 5) is 16.5. The second-order valence-electron chi connectivity index (χ2n) is 7.23. The molecule has 2 aromatic heterocycles. The Morgan fingerprint density at radius 2 is 2.00 bits per heavy atom. The number of rotatable bonds is 3. The first-order valence-corrected chi connectivity index (χ1v) is 9.19. The lowest BCUT2D eigenvalue weighted by atomic mass is 9.88. The number of nitrogens with zero attached hydrogens (tertiary/aromatic N) is 4. The molecule has 3 heterocycles. The average molecular weight is 326 g/mol. The minimum atomic E-state index is 0.586. The Bertz CT molecular complexity index is 718. The topological polar surface area (TPSA) is 55.1 Å². The van der Waals surface area contributed by atoms with Gasteiger partial charge in [0, 0.05) is 56.4 Å². The zero-order valence-electron chi connectivity index (χ0n) is 14.7. The summed E-state index contributed by atoms with van der Waals surface area (Å²) >= 11 is 0. The highest BCUT2D eigenvalue weighted by atomic mass is 16.4. The van der Waals surface area contributed by atoms with Crippen molar-refractivity contribution < 1.29 is 4.42 Å². The Morgan fingerprint density at radius 3 is 2.75 bits per heavy atom. The molecule has 0 bridgehead atoms. The second kappa shape index (κ2) is 6.63. The molecule has 0 atom stereocenters. The third-order valence-electron chi connectivity index (χ3n) is 5.37. The zero-order valence-corrected chi connectivity index (χ0v) is 14.7. The molecule has 5 heteroatoms. The van der Waals surface area contributed by atoms with Crippen LogP contribution in [0.4, 0.5) is 0 Å². The van der Waals surface area contributed by atoms with E-state index in [9.17, 15) is 0 Å². The van der Waals surface area contributed by atoms with Crippen molar-refractivity contribution in [2.24, 2.45) is 0 Å². The van der Waals surface area contributed by atoms with E-state index in [0.29, 0.717) is 5.92 Å². The third kappa shape index (κ3) is 3.22. The predicted octanol–water partition coefficient (Wildman–Crippen LogP) is 3.69. The van der Waals surface area contributed by atoms with E-state index < -0.39 is 0 Å². The summed E-state index contributed by atoms with van der Waals surface area (Å²) in [6, 6.07) is 0. The van der Waals surface area contributed by atoms with Crippen LogP contribution >= 0.6 is 0 Å². The minimum Gasteiger partial charge on any atom is -0.446 e. The van der Waals surface area contributed by atoms with E-state index >= 15 is 0 Å². The fraction of sp³-hybridized carbons (Fsp3) is 0.632. The molecule has 4 rings (SSSR count). The Morgan fingerprint density at radius 1 is 1.17 bits per heavy atom. The first-order chi connectivity index (χ1) is 11.7. The van der Waals surface area contributed by atoms with Crippen LogP contribution in [-0.4, -0.2) is 26.4 Å². The maximum Gasteiger partial charge on any atom is 0.191 e. The monoisotopic (exact) mass is 326 g/mol. The van der Waals surface area contributed by atoms with Crippen molar-refractivity contribution in [3.8, 4) is 0 Å². The van der Waals surface area contributed by atoms with E-state index in [2.05, 4.69) is 16.1 Å². The molecule has 0 radical (unpaired) electrons. The second-order valence-corrected chi connectivity index (χ2v) is 7.23. The number of oxazole rings is 1. The quantitative estimate of drug-likeness (QED) is 0.861. The van der Waals surface area contributed by atoms with Gasteiger partial charge < -0.3 is 4.42 Å². The Balaban J connectivity index is 1.46. The van der Waals surface area contributed by atoms with Gasteiger partial charge in [-0.05, 0) is 19.8 Å². The molecule has 0 spiro atoms. The average Bonchev–Trinajstić information content (AvgIpc) is 2.92. The molecule has 0 saturated heterocycles. The zero-order chi connectivity index (χ0) is 16.5. The number of hydrogen-bond acceptors (Lipinski definition) is 5. The molecule has 1 fully saturated rings. The van der Waals surface area contributed by atoms with Gasteiger partial charge in [0.25, 0.3) is 0 Å². The van der Waals surface area contributed by atoms with Crippen LogP contribution in [0.5, 0.6) is 0 Å². The first kappa shape index (κ1) is 15.8. The molecule has 128 valence electrons. The van der Waals surface area contributed by atoms with Crippen LogP contribution in [0.15, 0.2) is 10.6 Å². The van der Waals surface area contributed by atoms with E-state index in [-0.39, 0.29) is 0 Å². The molecule has 0 unspecified atom stereocenters. The fourth-order valence-electron chi connectivity index (χ4n) is 4.01. The summed E-state index contributed by atoms with van der Waals surface area (Å²) in [5, 5.41) is 0. The summed E-state index contributed by atoms with van der Waals surface area (Å²) in [5.74, 6) is 3.36. The molecule has 0 amide bonds. The molecule has 0 N–H and O–H groups in total. The molecule has 2 aromatic rings. The van der Waals surface area contributed by atoms with Gasteiger partial charge in [-0.25, -0.2) is 15.0 Å². The van der Waals surface area contributed by atoms with E-state index in [1.807, 2.05) is 13.8 Å². The molecular weight excluding hydrogens is 300 g/mol. The third-order valence-corrected chi connectivity index (χ3v) is 5.37. The predicted molar refractivity (Wildman–Crippen MR) is 91.7 cm³/mol. The Labute approximate surface area is 143 Å². The van der Waals surface area contributed by atoms with E-state index in [0.717, 1.165) is 49.2 Å². The van der Waals surface area contributed by atoms with Crippen LogP contribution in [0.1, 0.15) is 72.4 Å². The molecular formula is C19H26N4O. The van der Waals surface area contributed by atoms with Crippen molar-refractivity contribution in [3.63, 3.8) is 0 Å². The highest BCUT2D eigenvalue weighted by molar-refractivity contribution is 5.22. The highest BCUT2D eigenvalue weighted by Crippen LogP contribution is 2.31. The summed E-state index contributed by atoms with van der Waals surface area (Å²) < 4.78 is 5.55. The largest absolute Gasteiger partial charge is 0.446 e. The van der Waals surface area contributed by atoms with Crippen molar-refractivity contribution in [1.29, 1.82) is 0 Å². The van der Waals surface area contributed by atoms with Crippen LogP contribution < -0.4 is 0 Å². The molecule has 5 nitrogen and oxygen atoms in total. The fourth-order valence-corrected chi connectivity index (χ4v) is 4.01. The summed E-state index contributed by atoms with van der Waals surface area (Å²) in [7, 11) is 0. The van der Waals surface area contributed by atoms with Crippen molar-refractivity contribution in [3.05, 3.63) is 40.6 Å². The lowest BCUT2D eigenvalue weighted by Crippen LogP contribution is -2.31. The van der Waals surface area contributed by atoms with Crippen LogP contribution in [0, 0.1) is 13.8 Å². The number of aromatic nitrogens is 3. The van der Waals surface area contributed by atoms with Gasteiger partial charge in [0.2, 0.25) is 0 Å². The maximum atomic E-state index is 5.55.